The molecule has 0 aromatic heterocycles. The first-order valence-electron chi connectivity index (χ1n) is 6.62. The fourth-order valence-corrected chi connectivity index (χ4v) is 4.38. The number of aliphatic imine (C=N–C) groups is 1. The third-order valence-corrected chi connectivity index (χ3v) is 5.26. The number of fused-ring (bicyclic) bond motifs is 1. The number of hydrogen-bond donors (Lipinski definition) is 0. The molecule has 0 aromatic rings. The third kappa shape index (κ3) is 2.15. The van der Waals surface area contributed by atoms with Crippen LogP contribution in [0.15, 0.2) is 28.4 Å². The monoisotopic (exact) mass is 245 g/mol. The second-order valence-electron chi connectivity index (χ2n) is 5.99. The Kier molecular flexibility index (Phi) is 3.35. The van der Waals surface area contributed by atoms with E-state index < -0.39 is 8.41 Å². The summed E-state index contributed by atoms with van der Waals surface area (Å²) in [5, 5.41) is 1.65. The molecule has 17 heavy (non-hydrogen) atoms. The van der Waals surface area contributed by atoms with E-state index in [1.54, 1.807) is 5.17 Å². The zero-order valence-electron chi connectivity index (χ0n) is 11.8. The van der Waals surface area contributed by atoms with Crippen LogP contribution in [0, 0.1) is 17.8 Å². The van der Waals surface area contributed by atoms with Gasteiger partial charge in [-0.1, -0.05) is 46.9 Å². The molecule has 2 aliphatic rings. The zero-order chi connectivity index (χ0) is 12.7. The van der Waals surface area contributed by atoms with Crippen LogP contribution in [0.3, 0.4) is 0 Å². The third-order valence-electron chi connectivity index (χ3n) is 3.61. The summed E-state index contributed by atoms with van der Waals surface area (Å²) in [5.74, 6) is 1.87. The van der Waals surface area contributed by atoms with Crippen LogP contribution in [0.2, 0.25) is 13.1 Å². The molecule has 0 radical (unpaired) electrons. The Balaban J connectivity index is 2.46. The quantitative estimate of drug-likeness (QED) is 0.658. The van der Waals surface area contributed by atoms with Crippen LogP contribution in [-0.4, -0.2) is 19.3 Å². The average molecular weight is 245 g/mol. The lowest BCUT2D eigenvalue weighted by atomic mass is 9.95. The van der Waals surface area contributed by atoms with Gasteiger partial charge in [-0.15, -0.1) is 0 Å². The molecule has 2 heteroatoms. The van der Waals surface area contributed by atoms with E-state index in [0.717, 1.165) is 0 Å². The first-order valence-corrected chi connectivity index (χ1v) is 9.12. The Hall–Kier alpha value is -0.763. The molecule has 0 N–H and O–H groups in total. The van der Waals surface area contributed by atoms with Crippen LogP contribution < -0.4 is 0 Å². The number of nitrogens with zero attached hydrogens (tertiary/aromatic N) is 1. The second kappa shape index (κ2) is 4.49. The van der Waals surface area contributed by atoms with Gasteiger partial charge in [0, 0.05) is 20.0 Å². The molecule has 0 saturated heterocycles. The summed E-state index contributed by atoms with van der Waals surface area (Å²) in [4.78, 5) is 4.88. The molecule has 1 aliphatic heterocycles. The fourth-order valence-electron chi connectivity index (χ4n) is 2.62. The predicted molar refractivity (Wildman–Crippen MR) is 79.3 cm³/mol. The molecule has 0 bridgehead atoms. The maximum Gasteiger partial charge on any atom is 0.0694 e. The summed E-state index contributed by atoms with van der Waals surface area (Å²) < 4.78 is 0. The van der Waals surface area contributed by atoms with Crippen LogP contribution in [-0.2, 0) is 0 Å². The van der Waals surface area contributed by atoms with Gasteiger partial charge in [0.05, 0.1) is 5.71 Å². The van der Waals surface area contributed by atoms with Gasteiger partial charge < -0.3 is 0 Å². The van der Waals surface area contributed by atoms with Gasteiger partial charge in [-0.2, -0.15) is 0 Å². The summed E-state index contributed by atoms with van der Waals surface area (Å²) in [6.07, 6.45) is 4.75. The Morgan fingerprint density at radius 3 is 2.29 bits per heavy atom. The van der Waals surface area contributed by atoms with Crippen molar-refractivity contribution < 1.29 is 0 Å². The Morgan fingerprint density at radius 2 is 1.82 bits per heavy atom. The Morgan fingerprint density at radius 1 is 1.18 bits per heavy atom. The van der Waals surface area contributed by atoms with E-state index in [-0.39, 0.29) is 0 Å². The van der Waals surface area contributed by atoms with Crippen molar-refractivity contribution in [3.63, 3.8) is 0 Å². The van der Waals surface area contributed by atoms with E-state index in [0.29, 0.717) is 17.8 Å². The van der Waals surface area contributed by atoms with Crippen molar-refractivity contribution >= 4 is 19.3 Å². The minimum atomic E-state index is -0.406. The normalized spacial score (nSPS) is 22.9. The molecule has 92 valence electrons. The van der Waals surface area contributed by atoms with Crippen molar-refractivity contribution in [3.8, 4) is 0 Å². The molecule has 0 aromatic carbocycles. The topological polar surface area (TPSA) is 12.4 Å². The summed E-state index contributed by atoms with van der Waals surface area (Å²) in [6, 6.07) is 0. The Labute approximate surface area is 107 Å². The van der Waals surface area contributed by atoms with Crippen molar-refractivity contribution in [2.24, 2.45) is 22.7 Å². The van der Waals surface area contributed by atoms with Crippen molar-refractivity contribution in [3.05, 3.63) is 23.4 Å². The molecule has 1 atom stereocenters. The zero-order valence-corrected chi connectivity index (χ0v) is 12.8. The van der Waals surface area contributed by atoms with Gasteiger partial charge in [-0.3, -0.25) is 4.99 Å². The van der Waals surface area contributed by atoms with Gasteiger partial charge in [-0.05, 0) is 28.7 Å². The molecule has 0 amide bonds. The van der Waals surface area contributed by atoms with Crippen molar-refractivity contribution in [2.75, 3.05) is 0 Å². The van der Waals surface area contributed by atoms with Crippen molar-refractivity contribution in [2.45, 2.75) is 40.8 Å². The van der Waals surface area contributed by atoms with E-state index >= 15 is 0 Å². The highest BCUT2D eigenvalue weighted by Crippen LogP contribution is 2.33. The molecule has 0 fully saturated rings. The van der Waals surface area contributed by atoms with Crippen LogP contribution in [0.25, 0.3) is 0 Å². The molecule has 1 aliphatic carbocycles. The summed E-state index contributed by atoms with van der Waals surface area (Å²) in [6.45, 7) is 13.9. The number of allylic oxidation sites excluding steroid dienone is 4. The highest BCUT2D eigenvalue weighted by Gasteiger charge is 2.32. The highest BCUT2D eigenvalue weighted by molar-refractivity contribution is 6.85. The van der Waals surface area contributed by atoms with Crippen molar-refractivity contribution in [1.82, 2.24) is 0 Å². The van der Waals surface area contributed by atoms with Gasteiger partial charge in [-0.25, -0.2) is 0 Å². The average Bonchev–Trinajstić information content (AvgIpc) is 2.71. The summed E-state index contributed by atoms with van der Waals surface area (Å²) in [5.41, 5.74) is 3.98. The van der Waals surface area contributed by atoms with Gasteiger partial charge in [0.25, 0.3) is 0 Å². The molecule has 1 nitrogen and oxygen atoms in total. The predicted octanol–water partition coefficient (Wildman–Crippen LogP) is 3.70. The number of hydrogen-bond acceptors (Lipinski definition) is 1. The van der Waals surface area contributed by atoms with E-state index in [2.05, 4.69) is 52.9 Å². The molecular weight excluding hydrogens is 222 g/mol. The molecule has 1 unspecified atom stereocenters. The van der Waals surface area contributed by atoms with Crippen molar-refractivity contribution in [1.29, 1.82) is 0 Å². The molecule has 0 saturated carbocycles. The maximum atomic E-state index is 4.88. The van der Waals surface area contributed by atoms with Crippen LogP contribution in [0.5, 0.6) is 0 Å². The van der Waals surface area contributed by atoms with Crippen LogP contribution in [0.1, 0.15) is 27.7 Å². The SMILES string of the molecule is CC(C)C1=CC2=CC(C(C)C)C(=[Si](C)C)C2=N1. The molecule has 1 heterocycles. The van der Waals surface area contributed by atoms with Crippen LogP contribution in [0.4, 0.5) is 0 Å². The molecular formula is C15H23NSi. The second-order valence-corrected chi connectivity index (χ2v) is 8.53. The smallest absolute Gasteiger partial charge is 0.0694 e. The maximum absolute atomic E-state index is 4.88. The lowest BCUT2D eigenvalue weighted by Crippen LogP contribution is -2.26. The fraction of sp³-hybridized carbons (Fsp3) is 0.600. The first kappa shape index (κ1) is 12.7. The standard InChI is InChI=1S/C15H23NSi/c1-9(2)12-7-11-8-13(10(3)4)16-14(11)15(12)17(5)6/h7-10,12H,1-6H3. The van der Waals surface area contributed by atoms with E-state index in [1.165, 1.54) is 17.0 Å². The highest BCUT2D eigenvalue weighted by atomic mass is 28.2. The van der Waals surface area contributed by atoms with E-state index in [9.17, 15) is 0 Å². The van der Waals surface area contributed by atoms with Gasteiger partial charge in [0.1, 0.15) is 0 Å². The van der Waals surface area contributed by atoms with Crippen LogP contribution >= 0.6 is 0 Å². The molecule has 2 rings (SSSR count). The van der Waals surface area contributed by atoms with E-state index in [1.807, 2.05) is 0 Å². The van der Waals surface area contributed by atoms with Gasteiger partial charge in [0.2, 0.25) is 0 Å². The van der Waals surface area contributed by atoms with Gasteiger partial charge >= 0.3 is 0 Å². The minimum Gasteiger partial charge on any atom is -0.253 e. The molecule has 0 spiro atoms. The summed E-state index contributed by atoms with van der Waals surface area (Å²) in [7, 11) is -0.406. The largest absolute Gasteiger partial charge is 0.253 e. The lowest BCUT2D eigenvalue weighted by molar-refractivity contribution is 0.587. The number of rotatable bonds is 2. The Bertz CT molecular complexity index is 457. The van der Waals surface area contributed by atoms with Gasteiger partial charge in [0.15, 0.2) is 0 Å². The lowest BCUT2D eigenvalue weighted by Gasteiger charge is -2.17. The van der Waals surface area contributed by atoms with E-state index in [4.69, 9.17) is 4.99 Å². The first-order chi connectivity index (χ1) is 7.91. The summed E-state index contributed by atoms with van der Waals surface area (Å²) >= 11 is 0. The minimum absolute atomic E-state index is 0.406.